The molecule has 0 saturated heterocycles. The molecule has 3 N–H and O–H groups in total. The Hall–Kier alpha value is -2.28. The van der Waals surface area contributed by atoms with Crippen LogP contribution >= 0.6 is 11.8 Å². The Labute approximate surface area is 144 Å². The number of benzene rings is 1. The molecule has 6 nitrogen and oxygen atoms in total. The van der Waals surface area contributed by atoms with Crippen LogP contribution in [0.2, 0.25) is 0 Å². The fourth-order valence-electron chi connectivity index (χ4n) is 2.28. The third-order valence-electron chi connectivity index (χ3n) is 3.51. The fraction of sp³-hybridized carbons (Fsp3) is 0.353. The molecule has 7 heteroatoms. The number of carbonyl (C=O) groups is 1. The second-order valence-electron chi connectivity index (χ2n) is 5.75. The van der Waals surface area contributed by atoms with Crippen molar-refractivity contribution in [3.63, 3.8) is 0 Å². The molecule has 0 aliphatic heterocycles. The van der Waals surface area contributed by atoms with Crippen LogP contribution in [0.3, 0.4) is 0 Å². The molecular weight excluding hydrogens is 326 g/mol. The molecule has 0 unspecified atom stereocenters. The summed E-state index contributed by atoms with van der Waals surface area (Å²) in [6.07, 6.45) is 0. The molecule has 0 spiro atoms. The highest BCUT2D eigenvalue weighted by atomic mass is 32.2. The zero-order valence-electron chi connectivity index (χ0n) is 13.9. The molecule has 1 aromatic carbocycles. The predicted octanol–water partition coefficient (Wildman–Crippen LogP) is 2.57. The minimum atomic E-state index is -0.377. The van der Waals surface area contributed by atoms with Crippen LogP contribution in [0, 0.1) is 0 Å². The Morgan fingerprint density at radius 3 is 2.54 bits per heavy atom. The smallest absolute Gasteiger partial charge is 0.258 e. The van der Waals surface area contributed by atoms with Gasteiger partial charge in [0, 0.05) is 0 Å². The van der Waals surface area contributed by atoms with E-state index in [1.807, 2.05) is 37.3 Å². The fourth-order valence-corrected chi connectivity index (χ4v) is 2.95. The number of amides is 1. The molecule has 0 saturated carbocycles. The van der Waals surface area contributed by atoms with E-state index >= 15 is 0 Å². The van der Waals surface area contributed by atoms with Crippen molar-refractivity contribution in [1.82, 2.24) is 15.3 Å². The van der Waals surface area contributed by atoms with Gasteiger partial charge in [-0.25, -0.2) is 0 Å². The maximum atomic E-state index is 12.0. The number of thioether (sulfide) groups is 1. The SMILES string of the molecule is CC(C)c1c(O)nc(SCC(=O)N[C@@H](C)c2ccccc2)[nH]c1=O. The molecule has 1 atom stereocenters. The Balaban J connectivity index is 1.96. The van der Waals surface area contributed by atoms with Crippen LogP contribution in [-0.4, -0.2) is 26.7 Å². The summed E-state index contributed by atoms with van der Waals surface area (Å²) in [4.78, 5) is 30.5. The highest BCUT2D eigenvalue weighted by molar-refractivity contribution is 7.99. The number of aromatic hydroxyl groups is 1. The first-order valence-electron chi connectivity index (χ1n) is 7.68. The number of H-pyrrole nitrogens is 1. The van der Waals surface area contributed by atoms with E-state index in [1.54, 1.807) is 13.8 Å². The molecular formula is C17H21N3O3S. The van der Waals surface area contributed by atoms with E-state index in [0.29, 0.717) is 0 Å². The summed E-state index contributed by atoms with van der Waals surface area (Å²) < 4.78 is 0. The Morgan fingerprint density at radius 2 is 1.96 bits per heavy atom. The van der Waals surface area contributed by atoms with Gasteiger partial charge in [-0.1, -0.05) is 55.9 Å². The van der Waals surface area contributed by atoms with Gasteiger partial charge in [-0.3, -0.25) is 9.59 Å². The Morgan fingerprint density at radius 1 is 1.29 bits per heavy atom. The van der Waals surface area contributed by atoms with E-state index in [4.69, 9.17) is 0 Å². The van der Waals surface area contributed by atoms with Crippen molar-refractivity contribution < 1.29 is 9.90 Å². The third-order valence-corrected chi connectivity index (χ3v) is 4.38. The molecule has 24 heavy (non-hydrogen) atoms. The number of hydrogen-bond donors (Lipinski definition) is 3. The summed E-state index contributed by atoms with van der Waals surface area (Å²) in [6.45, 7) is 5.51. The minimum absolute atomic E-state index is 0.0978. The minimum Gasteiger partial charge on any atom is -0.493 e. The van der Waals surface area contributed by atoms with Gasteiger partial charge in [0.1, 0.15) is 0 Å². The maximum Gasteiger partial charge on any atom is 0.258 e. The quantitative estimate of drug-likeness (QED) is 0.551. The van der Waals surface area contributed by atoms with Crippen LogP contribution in [0.4, 0.5) is 0 Å². The standard InChI is InChI=1S/C17H21N3O3S/c1-10(2)14-15(22)19-17(20-16(14)23)24-9-13(21)18-11(3)12-7-5-4-6-8-12/h4-8,10-11H,9H2,1-3H3,(H,18,21)(H2,19,20,22,23)/t11-/m0/s1. The number of hydrogen-bond acceptors (Lipinski definition) is 5. The number of rotatable bonds is 6. The molecule has 0 bridgehead atoms. The lowest BCUT2D eigenvalue weighted by Gasteiger charge is -2.14. The summed E-state index contributed by atoms with van der Waals surface area (Å²) in [7, 11) is 0. The molecule has 1 aromatic heterocycles. The zero-order valence-corrected chi connectivity index (χ0v) is 14.7. The van der Waals surface area contributed by atoms with Gasteiger partial charge in [0.15, 0.2) is 5.16 Å². The number of aromatic amines is 1. The number of aromatic nitrogens is 2. The summed E-state index contributed by atoms with van der Waals surface area (Å²) in [6, 6.07) is 9.53. The molecule has 0 radical (unpaired) electrons. The largest absolute Gasteiger partial charge is 0.493 e. The molecule has 1 heterocycles. The van der Waals surface area contributed by atoms with Gasteiger partial charge < -0.3 is 15.4 Å². The predicted molar refractivity (Wildman–Crippen MR) is 94.3 cm³/mol. The van der Waals surface area contributed by atoms with Gasteiger partial charge >= 0.3 is 0 Å². The van der Waals surface area contributed by atoms with Crippen LogP contribution < -0.4 is 10.9 Å². The zero-order chi connectivity index (χ0) is 17.7. The van der Waals surface area contributed by atoms with Crippen LogP contribution in [0.25, 0.3) is 0 Å². The van der Waals surface area contributed by atoms with Crippen molar-refractivity contribution in [2.45, 2.75) is 37.9 Å². The lowest BCUT2D eigenvalue weighted by Crippen LogP contribution is -2.28. The first kappa shape index (κ1) is 18.1. The maximum absolute atomic E-state index is 12.0. The topological polar surface area (TPSA) is 95.1 Å². The second kappa shape index (κ2) is 8.01. The lowest BCUT2D eigenvalue weighted by atomic mass is 10.1. The van der Waals surface area contributed by atoms with Crippen molar-refractivity contribution in [3.8, 4) is 5.88 Å². The van der Waals surface area contributed by atoms with E-state index in [0.717, 1.165) is 17.3 Å². The Kier molecular flexibility index (Phi) is 6.03. The van der Waals surface area contributed by atoms with Crippen molar-refractivity contribution >= 4 is 17.7 Å². The van der Waals surface area contributed by atoms with Crippen LogP contribution in [0.15, 0.2) is 40.3 Å². The van der Waals surface area contributed by atoms with Crippen LogP contribution in [0.5, 0.6) is 5.88 Å². The molecule has 128 valence electrons. The third kappa shape index (κ3) is 4.61. The summed E-state index contributed by atoms with van der Waals surface area (Å²) >= 11 is 1.08. The van der Waals surface area contributed by atoms with Crippen molar-refractivity contribution in [1.29, 1.82) is 0 Å². The van der Waals surface area contributed by atoms with Gasteiger partial charge in [-0.05, 0) is 18.4 Å². The van der Waals surface area contributed by atoms with Gasteiger partial charge in [0.2, 0.25) is 11.8 Å². The number of nitrogens with one attached hydrogen (secondary N) is 2. The van der Waals surface area contributed by atoms with E-state index in [9.17, 15) is 14.7 Å². The van der Waals surface area contributed by atoms with Crippen molar-refractivity contribution in [2.75, 3.05) is 5.75 Å². The molecule has 0 aliphatic rings. The first-order valence-corrected chi connectivity index (χ1v) is 8.67. The van der Waals surface area contributed by atoms with Gasteiger partial charge in [0.05, 0.1) is 17.4 Å². The average molecular weight is 347 g/mol. The highest BCUT2D eigenvalue weighted by Gasteiger charge is 2.15. The molecule has 2 aromatic rings. The monoisotopic (exact) mass is 347 g/mol. The van der Waals surface area contributed by atoms with Gasteiger partial charge in [0.25, 0.3) is 5.56 Å². The summed E-state index contributed by atoms with van der Waals surface area (Å²) in [5, 5.41) is 13.0. The normalized spacial score (nSPS) is 12.2. The average Bonchev–Trinajstić information content (AvgIpc) is 2.52. The van der Waals surface area contributed by atoms with E-state index in [1.165, 1.54) is 0 Å². The Bertz CT molecular complexity index is 759. The van der Waals surface area contributed by atoms with Crippen LogP contribution in [0.1, 0.15) is 43.9 Å². The van der Waals surface area contributed by atoms with E-state index in [-0.39, 0.29) is 45.8 Å². The van der Waals surface area contributed by atoms with Gasteiger partial charge in [-0.2, -0.15) is 4.98 Å². The lowest BCUT2D eigenvalue weighted by molar-refractivity contribution is -0.119. The van der Waals surface area contributed by atoms with E-state index < -0.39 is 0 Å². The summed E-state index contributed by atoms with van der Waals surface area (Å²) in [5.41, 5.74) is 0.890. The molecule has 1 amide bonds. The molecule has 0 fully saturated rings. The second-order valence-corrected chi connectivity index (χ2v) is 6.72. The summed E-state index contributed by atoms with van der Waals surface area (Å²) in [5.74, 6) is -0.489. The van der Waals surface area contributed by atoms with Crippen molar-refractivity contribution in [3.05, 3.63) is 51.8 Å². The molecule has 2 rings (SSSR count). The van der Waals surface area contributed by atoms with Gasteiger partial charge in [-0.15, -0.1) is 0 Å². The number of carbonyl (C=O) groups excluding carboxylic acids is 1. The van der Waals surface area contributed by atoms with Crippen LogP contribution in [-0.2, 0) is 4.79 Å². The first-order chi connectivity index (χ1) is 11.4. The highest BCUT2D eigenvalue weighted by Crippen LogP contribution is 2.22. The van der Waals surface area contributed by atoms with E-state index in [2.05, 4.69) is 15.3 Å². The molecule has 0 aliphatic carbocycles. The van der Waals surface area contributed by atoms with Crippen molar-refractivity contribution in [2.24, 2.45) is 0 Å². The number of nitrogens with zero attached hydrogens (tertiary/aromatic N) is 1.